The predicted octanol–water partition coefficient (Wildman–Crippen LogP) is 0.534. The van der Waals surface area contributed by atoms with Gasteiger partial charge in [-0.2, -0.15) is 0 Å². The Morgan fingerprint density at radius 2 is 1.12 bits per heavy atom. The molecule has 9 nitrogen and oxygen atoms in total. The molecule has 0 rings (SSSR count). The zero-order chi connectivity index (χ0) is 13.6. The van der Waals surface area contributed by atoms with Gasteiger partial charge < -0.3 is 21.7 Å². The SMILES string of the molecule is CC=NC(N)=O.CC=NC(N)=O.O=C(O)O. The molecule has 0 aromatic carbocycles. The first-order valence-electron chi connectivity index (χ1n) is 3.76. The van der Waals surface area contributed by atoms with Crippen LogP contribution in [0.1, 0.15) is 13.8 Å². The minimum absolute atomic E-state index is 0.641. The summed E-state index contributed by atoms with van der Waals surface area (Å²) in [6.07, 6.45) is 0.866. The zero-order valence-corrected chi connectivity index (χ0v) is 8.82. The largest absolute Gasteiger partial charge is 0.503 e. The molecule has 0 aromatic rings. The van der Waals surface area contributed by atoms with Crippen LogP contribution in [0.4, 0.5) is 14.4 Å². The van der Waals surface area contributed by atoms with Crippen LogP contribution < -0.4 is 11.5 Å². The van der Waals surface area contributed by atoms with Gasteiger partial charge in [-0.1, -0.05) is 0 Å². The Balaban J connectivity index is -0.000000162. The third-order valence-corrected chi connectivity index (χ3v) is 0.513. The first-order chi connectivity index (χ1) is 7.27. The van der Waals surface area contributed by atoms with Crippen molar-refractivity contribution in [1.29, 1.82) is 0 Å². The quantitative estimate of drug-likeness (QED) is 0.447. The Labute approximate surface area is 91.5 Å². The first-order valence-corrected chi connectivity index (χ1v) is 3.76. The molecule has 0 spiro atoms. The maximum Gasteiger partial charge on any atom is 0.503 e. The molecule has 0 bridgehead atoms. The van der Waals surface area contributed by atoms with E-state index in [1.54, 1.807) is 13.8 Å². The first kappa shape index (κ1) is 19.2. The molecule has 4 amide bonds. The Morgan fingerprint density at radius 1 is 0.938 bits per heavy atom. The highest BCUT2D eigenvalue weighted by atomic mass is 16.6. The number of amides is 4. The summed E-state index contributed by atoms with van der Waals surface area (Å²) in [6.45, 7) is 3.26. The molecule has 0 aliphatic carbocycles. The van der Waals surface area contributed by atoms with E-state index in [0.717, 1.165) is 0 Å². The summed E-state index contributed by atoms with van der Waals surface area (Å²) in [5.74, 6) is 0. The van der Waals surface area contributed by atoms with Crippen molar-refractivity contribution in [3.8, 4) is 0 Å². The molecule has 0 atom stereocenters. The van der Waals surface area contributed by atoms with Crippen molar-refractivity contribution < 1.29 is 24.6 Å². The van der Waals surface area contributed by atoms with E-state index in [1.165, 1.54) is 12.4 Å². The second-order valence-electron chi connectivity index (χ2n) is 1.73. The number of nitrogens with two attached hydrogens (primary N) is 2. The lowest BCUT2D eigenvalue weighted by Crippen LogP contribution is -2.02. The van der Waals surface area contributed by atoms with Gasteiger partial charge in [-0.25, -0.2) is 24.4 Å². The van der Waals surface area contributed by atoms with Gasteiger partial charge in [-0.15, -0.1) is 0 Å². The minimum atomic E-state index is -1.83. The van der Waals surface area contributed by atoms with Gasteiger partial charge in [0.05, 0.1) is 0 Å². The van der Waals surface area contributed by atoms with Gasteiger partial charge in [0.1, 0.15) is 0 Å². The van der Waals surface area contributed by atoms with E-state index in [2.05, 4.69) is 21.5 Å². The predicted molar refractivity (Wildman–Crippen MR) is 58.2 cm³/mol. The van der Waals surface area contributed by atoms with Crippen molar-refractivity contribution >= 4 is 30.6 Å². The van der Waals surface area contributed by atoms with Crippen LogP contribution in [0.15, 0.2) is 9.98 Å². The molecule has 0 aliphatic rings. The van der Waals surface area contributed by atoms with Crippen molar-refractivity contribution in [1.82, 2.24) is 0 Å². The summed E-state index contributed by atoms with van der Waals surface area (Å²) >= 11 is 0. The van der Waals surface area contributed by atoms with Crippen LogP contribution in [0.25, 0.3) is 0 Å². The number of primary amides is 2. The van der Waals surface area contributed by atoms with Crippen LogP contribution >= 0.6 is 0 Å². The number of aliphatic imine (C=N–C) groups is 2. The van der Waals surface area contributed by atoms with Gasteiger partial charge in [0.15, 0.2) is 0 Å². The zero-order valence-electron chi connectivity index (χ0n) is 8.82. The molecule has 0 unspecified atom stereocenters. The number of carboxylic acid groups (broad SMARTS) is 2. The summed E-state index contributed by atoms with van der Waals surface area (Å²) in [5.41, 5.74) is 9.13. The summed E-state index contributed by atoms with van der Waals surface area (Å²) in [5, 5.41) is 13.9. The number of urea groups is 2. The van der Waals surface area contributed by atoms with E-state index < -0.39 is 18.2 Å². The van der Waals surface area contributed by atoms with Gasteiger partial charge >= 0.3 is 18.2 Å². The number of rotatable bonds is 0. The maximum atomic E-state index is 9.62. The molecule has 0 aromatic heterocycles. The van der Waals surface area contributed by atoms with E-state index in [9.17, 15) is 9.59 Å². The van der Waals surface area contributed by atoms with Crippen molar-refractivity contribution in [2.45, 2.75) is 13.8 Å². The molecular weight excluding hydrogens is 220 g/mol. The normalized spacial score (nSPS) is 8.62. The monoisotopic (exact) mass is 234 g/mol. The van der Waals surface area contributed by atoms with Crippen molar-refractivity contribution in [3.05, 3.63) is 0 Å². The smallest absolute Gasteiger partial charge is 0.450 e. The molecule has 0 fully saturated rings. The van der Waals surface area contributed by atoms with E-state index in [1.807, 2.05) is 0 Å². The number of nitrogens with zero attached hydrogens (tertiary/aromatic N) is 2. The fraction of sp³-hybridized carbons (Fsp3) is 0.286. The highest BCUT2D eigenvalue weighted by molar-refractivity contribution is 5.81. The topological polar surface area (TPSA) is 168 Å². The van der Waals surface area contributed by atoms with Gasteiger partial charge in [0, 0.05) is 12.4 Å². The fourth-order valence-corrected chi connectivity index (χ4v) is 0.254. The lowest BCUT2D eigenvalue weighted by atomic mass is 10.9. The summed E-state index contributed by atoms with van der Waals surface area (Å²) in [7, 11) is 0. The lowest BCUT2D eigenvalue weighted by Gasteiger charge is -1.70. The van der Waals surface area contributed by atoms with Crippen LogP contribution in [-0.2, 0) is 0 Å². The van der Waals surface area contributed by atoms with Gasteiger partial charge in [0.25, 0.3) is 0 Å². The van der Waals surface area contributed by atoms with Gasteiger partial charge in [-0.05, 0) is 13.8 Å². The Kier molecular flexibility index (Phi) is 18.0. The molecule has 0 heterocycles. The summed E-state index contributed by atoms with van der Waals surface area (Å²) in [4.78, 5) is 34.1. The van der Waals surface area contributed by atoms with E-state index in [-0.39, 0.29) is 0 Å². The molecule has 9 heteroatoms. The maximum absolute atomic E-state index is 9.62. The summed E-state index contributed by atoms with van der Waals surface area (Å²) < 4.78 is 0. The Bertz CT molecular complexity index is 248. The highest BCUT2D eigenvalue weighted by Crippen LogP contribution is 1.59. The lowest BCUT2D eigenvalue weighted by molar-refractivity contribution is 0.137. The third kappa shape index (κ3) is 102. The number of carbonyl (C=O) groups excluding carboxylic acids is 2. The Hall–Kier alpha value is -2.45. The molecule has 6 N–H and O–H groups in total. The average molecular weight is 234 g/mol. The molecule has 92 valence electrons. The van der Waals surface area contributed by atoms with Crippen molar-refractivity contribution in [2.24, 2.45) is 21.5 Å². The Morgan fingerprint density at radius 3 is 1.12 bits per heavy atom. The summed E-state index contributed by atoms with van der Waals surface area (Å²) in [6, 6.07) is -1.28. The van der Waals surface area contributed by atoms with Crippen molar-refractivity contribution in [3.63, 3.8) is 0 Å². The molecule has 0 aliphatic heterocycles. The number of carbonyl (C=O) groups is 3. The van der Waals surface area contributed by atoms with E-state index in [4.69, 9.17) is 15.0 Å². The van der Waals surface area contributed by atoms with E-state index >= 15 is 0 Å². The third-order valence-electron chi connectivity index (χ3n) is 0.513. The second kappa shape index (κ2) is 15.0. The molecule has 0 saturated carbocycles. The van der Waals surface area contributed by atoms with Crippen LogP contribution in [0.3, 0.4) is 0 Å². The van der Waals surface area contributed by atoms with Gasteiger partial charge in [0.2, 0.25) is 0 Å². The van der Waals surface area contributed by atoms with E-state index in [0.29, 0.717) is 0 Å². The fourth-order valence-electron chi connectivity index (χ4n) is 0.254. The molecular formula is C7H14N4O5. The van der Waals surface area contributed by atoms with Gasteiger partial charge in [-0.3, -0.25) is 0 Å². The van der Waals surface area contributed by atoms with Crippen LogP contribution in [0, 0.1) is 0 Å². The molecule has 16 heavy (non-hydrogen) atoms. The molecule has 0 radical (unpaired) electrons. The number of hydrogen-bond acceptors (Lipinski definition) is 3. The second-order valence-corrected chi connectivity index (χ2v) is 1.73. The standard InChI is InChI=1S/2C3H6N2O.CH2O3/c2*1-2-5-3(4)6;2-1(3)4/h2*2H,1H3,(H2,4,6);(H2,2,3,4). The highest BCUT2D eigenvalue weighted by Gasteiger charge is 1.74. The van der Waals surface area contributed by atoms with Crippen molar-refractivity contribution in [2.75, 3.05) is 0 Å². The number of hydrogen-bond donors (Lipinski definition) is 4. The van der Waals surface area contributed by atoms with Crippen LogP contribution in [0.2, 0.25) is 0 Å². The molecule has 0 saturated heterocycles. The average Bonchev–Trinajstić information content (AvgIpc) is 2.02. The van der Waals surface area contributed by atoms with Crippen LogP contribution in [-0.4, -0.2) is 40.9 Å². The van der Waals surface area contributed by atoms with Crippen LogP contribution in [0.5, 0.6) is 0 Å². The minimum Gasteiger partial charge on any atom is -0.450 e.